The van der Waals surface area contributed by atoms with Gasteiger partial charge < -0.3 is 15.5 Å². The average Bonchev–Trinajstić information content (AvgIpc) is 2.38. The maximum absolute atomic E-state index is 13.3. The minimum Gasteiger partial charge on any atom is -0.507 e. The third-order valence-corrected chi connectivity index (χ3v) is 2.50. The first-order valence-corrected chi connectivity index (χ1v) is 5.46. The smallest absolute Gasteiger partial charge is 0.339 e. The zero-order valence-corrected chi connectivity index (χ0v) is 10.0. The number of aromatic nitrogens is 1. The molecule has 2 aromatic rings. The first-order chi connectivity index (χ1) is 9.49. The van der Waals surface area contributed by atoms with Crippen molar-refractivity contribution >= 4 is 17.6 Å². The van der Waals surface area contributed by atoms with Crippen LogP contribution in [0.3, 0.4) is 0 Å². The van der Waals surface area contributed by atoms with E-state index in [1.807, 2.05) is 0 Å². The van der Waals surface area contributed by atoms with Crippen LogP contribution in [-0.4, -0.2) is 27.1 Å². The van der Waals surface area contributed by atoms with E-state index in [0.717, 1.165) is 18.3 Å². The lowest BCUT2D eigenvalue weighted by atomic mass is 10.1. The molecule has 1 aromatic carbocycles. The molecule has 2 rings (SSSR count). The van der Waals surface area contributed by atoms with Crippen LogP contribution in [0, 0.1) is 5.82 Å². The number of benzene rings is 1. The number of nitrogens with zero attached hydrogens (tertiary/aromatic N) is 1. The summed E-state index contributed by atoms with van der Waals surface area (Å²) in [7, 11) is 0. The van der Waals surface area contributed by atoms with Gasteiger partial charge >= 0.3 is 5.97 Å². The number of anilines is 1. The molecule has 0 bridgehead atoms. The first kappa shape index (κ1) is 13.5. The van der Waals surface area contributed by atoms with E-state index in [2.05, 4.69) is 10.3 Å². The number of aromatic carboxylic acids is 1. The van der Waals surface area contributed by atoms with Crippen LogP contribution in [0.2, 0.25) is 0 Å². The van der Waals surface area contributed by atoms with Crippen molar-refractivity contribution in [2.75, 3.05) is 5.32 Å². The SMILES string of the molecule is O=C(O)c1ccc(NC(=O)c2ccncc2F)cc1O. The third kappa shape index (κ3) is 2.72. The fourth-order valence-corrected chi connectivity index (χ4v) is 1.55. The van der Waals surface area contributed by atoms with Gasteiger partial charge in [-0.2, -0.15) is 0 Å². The molecule has 0 atom stereocenters. The second kappa shape index (κ2) is 5.35. The molecular weight excluding hydrogens is 267 g/mol. The summed E-state index contributed by atoms with van der Waals surface area (Å²) in [6.07, 6.45) is 2.17. The van der Waals surface area contributed by atoms with Gasteiger partial charge in [0.2, 0.25) is 0 Å². The Morgan fingerprint density at radius 2 is 1.95 bits per heavy atom. The van der Waals surface area contributed by atoms with Crippen LogP contribution in [0.25, 0.3) is 0 Å². The number of aromatic hydroxyl groups is 1. The molecule has 0 aliphatic heterocycles. The van der Waals surface area contributed by atoms with Gasteiger partial charge in [-0.25, -0.2) is 9.18 Å². The van der Waals surface area contributed by atoms with Crippen LogP contribution in [0.4, 0.5) is 10.1 Å². The Bertz CT molecular complexity index is 688. The molecule has 0 radical (unpaired) electrons. The van der Waals surface area contributed by atoms with Gasteiger partial charge in [-0.3, -0.25) is 9.78 Å². The van der Waals surface area contributed by atoms with Crippen molar-refractivity contribution in [2.45, 2.75) is 0 Å². The van der Waals surface area contributed by atoms with Gasteiger partial charge in [-0.05, 0) is 18.2 Å². The van der Waals surface area contributed by atoms with Crippen LogP contribution in [0.5, 0.6) is 5.75 Å². The zero-order valence-electron chi connectivity index (χ0n) is 10.0. The Labute approximate surface area is 112 Å². The third-order valence-electron chi connectivity index (χ3n) is 2.50. The number of phenols is 1. The average molecular weight is 276 g/mol. The summed E-state index contributed by atoms with van der Waals surface area (Å²) in [5.74, 6) is -3.30. The highest BCUT2D eigenvalue weighted by atomic mass is 19.1. The van der Waals surface area contributed by atoms with Crippen LogP contribution in [0.15, 0.2) is 36.7 Å². The fraction of sp³-hybridized carbons (Fsp3) is 0. The van der Waals surface area contributed by atoms with E-state index in [4.69, 9.17) is 5.11 Å². The first-order valence-electron chi connectivity index (χ1n) is 5.46. The van der Waals surface area contributed by atoms with Crippen molar-refractivity contribution in [1.82, 2.24) is 4.98 Å². The number of halogens is 1. The predicted molar refractivity (Wildman–Crippen MR) is 67.2 cm³/mol. The molecule has 102 valence electrons. The van der Waals surface area contributed by atoms with Gasteiger partial charge in [0.1, 0.15) is 11.3 Å². The second-order valence-corrected chi connectivity index (χ2v) is 3.85. The summed E-state index contributed by atoms with van der Waals surface area (Å²) in [4.78, 5) is 26.0. The lowest BCUT2D eigenvalue weighted by molar-refractivity contribution is 0.0693. The van der Waals surface area contributed by atoms with E-state index in [1.54, 1.807) is 0 Å². The molecule has 0 aliphatic rings. The Kier molecular flexibility index (Phi) is 3.60. The van der Waals surface area contributed by atoms with Crippen LogP contribution in [-0.2, 0) is 0 Å². The highest BCUT2D eigenvalue weighted by molar-refractivity contribution is 6.04. The normalized spacial score (nSPS) is 10.1. The molecule has 0 saturated carbocycles. The topological polar surface area (TPSA) is 99.5 Å². The van der Waals surface area contributed by atoms with E-state index in [9.17, 15) is 19.1 Å². The van der Waals surface area contributed by atoms with Crippen LogP contribution >= 0.6 is 0 Å². The van der Waals surface area contributed by atoms with Crippen molar-refractivity contribution in [3.8, 4) is 5.75 Å². The number of nitrogens with one attached hydrogen (secondary N) is 1. The number of hydrogen-bond donors (Lipinski definition) is 3. The van der Waals surface area contributed by atoms with E-state index in [-0.39, 0.29) is 16.8 Å². The standard InChI is InChI=1S/C13H9FN2O4/c14-10-6-15-4-3-8(10)12(18)16-7-1-2-9(13(19)20)11(17)5-7/h1-6,17H,(H,16,18)(H,19,20). The molecule has 1 aromatic heterocycles. The maximum Gasteiger partial charge on any atom is 0.339 e. The largest absolute Gasteiger partial charge is 0.507 e. The lowest BCUT2D eigenvalue weighted by Gasteiger charge is -2.07. The predicted octanol–water partition coefficient (Wildman–Crippen LogP) is 1.88. The highest BCUT2D eigenvalue weighted by Gasteiger charge is 2.14. The molecule has 0 unspecified atom stereocenters. The van der Waals surface area contributed by atoms with Crippen LogP contribution in [0.1, 0.15) is 20.7 Å². The Balaban J connectivity index is 2.23. The number of rotatable bonds is 3. The highest BCUT2D eigenvalue weighted by Crippen LogP contribution is 2.22. The summed E-state index contributed by atoms with van der Waals surface area (Å²) in [5.41, 5.74) is -0.353. The molecule has 1 amide bonds. The van der Waals surface area contributed by atoms with Gasteiger partial charge in [-0.1, -0.05) is 0 Å². The quantitative estimate of drug-likeness (QED) is 0.794. The minimum absolute atomic E-state index is 0.147. The Hall–Kier alpha value is -2.96. The Morgan fingerprint density at radius 3 is 2.55 bits per heavy atom. The summed E-state index contributed by atoms with van der Waals surface area (Å²) >= 11 is 0. The number of amides is 1. The molecule has 7 heteroatoms. The number of pyridine rings is 1. The fourth-order valence-electron chi connectivity index (χ4n) is 1.55. The zero-order chi connectivity index (χ0) is 14.7. The summed E-state index contributed by atoms with van der Waals surface area (Å²) in [5, 5.41) is 20.6. The van der Waals surface area contributed by atoms with Crippen molar-refractivity contribution in [3.05, 3.63) is 53.6 Å². The number of carboxylic acids is 1. The van der Waals surface area contributed by atoms with Crippen LogP contribution < -0.4 is 5.32 Å². The van der Waals surface area contributed by atoms with Crippen molar-refractivity contribution in [2.24, 2.45) is 0 Å². The van der Waals surface area contributed by atoms with E-state index in [1.165, 1.54) is 18.3 Å². The number of carbonyl (C=O) groups excluding carboxylic acids is 1. The van der Waals surface area contributed by atoms with Gasteiger partial charge in [-0.15, -0.1) is 0 Å². The van der Waals surface area contributed by atoms with Gasteiger partial charge in [0.05, 0.1) is 11.8 Å². The van der Waals surface area contributed by atoms with Crippen molar-refractivity contribution < 1.29 is 24.2 Å². The molecule has 1 heterocycles. The summed E-state index contributed by atoms with van der Waals surface area (Å²) < 4.78 is 13.3. The molecule has 0 spiro atoms. The minimum atomic E-state index is -1.29. The van der Waals surface area contributed by atoms with Crippen molar-refractivity contribution in [1.29, 1.82) is 0 Å². The van der Waals surface area contributed by atoms with Gasteiger partial charge in [0, 0.05) is 18.0 Å². The summed E-state index contributed by atoms with van der Waals surface area (Å²) in [6.45, 7) is 0. The second-order valence-electron chi connectivity index (χ2n) is 3.85. The maximum atomic E-state index is 13.3. The molecule has 0 aliphatic carbocycles. The Morgan fingerprint density at radius 1 is 1.20 bits per heavy atom. The van der Waals surface area contributed by atoms with Crippen molar-refractivity contribution in [3.63, 3.8) is 0 Å². The molecule has 6 nitrogen and oxygen atoms in total. The van der Waals surface area contributed by atoms with E-state index in [0.29, 0.717) is 0 Å². The lowest BCUT2D eigenvalue weighted by Crippen LogP contribution is -2.14. The number of carboxylic acid groups (broad SMARTS) is 1. The molecule has 3 N–H and O–H groups in total. The monoisotopic (exact) mass is 276 g/mol. The molecule has 20 heavy (non-hydrogen) atoms. The number of carbonyl (C=O) groups is 2. The number of hydrogen-bond acceptors (Lipinski definition) is 4. The summed E-state index contributed by atoms with van der Waals surface area (Å²) in [6, 6.07) is 4.70. The molecule has 0 saturated heterocycles. The van der Waals surface area contributed by atoms with E-state index < -0.39 is 23.4 Å². The van der Waals surface area contributed by atoms with Gasteiger partial charge in [0.25, 0.3) is 5.91 Å². The van der Waals surface area contributed by atoms with Gasteiger partial charge in [0.15, 0.2) is 5.82 Å². The molecular formula is C13H9FN2O4. The van der Waals surface area contributed by atoms with E-state index >= 15 is 0 Å². The molecule has 0 fully saturated rings.